The van der Waals surface area contributed by atoms with Gasteiger partial charge in [-0.1, -0.05) is 51.3 Å². The molecule has 212 valence electrons. The first-order valence-electron chi connectivity index (χ1n) is 13.0. The molecule has 1 saturated heterocycles. The Hall–Kier alpha value is -3.18. The summed E-state index contributed by atoms with van der Waals surface area (Å²) in [5.74, 6) is 1.20. The van der Waals surface area contributed by atoms with Gasteiger partial charge in [-0.2, -0.15) is 18.3 Å². The normalized spacial score (nSPS) is 19.7. The largest absolute Gasteiger partial charge is 0.466 e. The first-order chi connectivity index (χ1) is 18.9. The van der Waals surface area contributed by atoms with Crippen LogP contribution in [-0.4, -0.2) is 37.3 Å². The van der Waals surface area contributed by atoms with Gasteiger partial charge in [0.05, 0.1) is 5.56 Å². The number of nitrogens with one attached hydrogen (secondary N) is 1. The van der Waals surface area contributed by atoms with Crippen LogP contribution in [-0.2, 0) is 6.18 Å². The van der Waals surface area contributed by atoms with E-state index in [-0.39, 0.29) is 0 Å². The van der Waals surface area contributed by atoms with Crippen molar-refractivity contribution in [2.75, 3.05) is 4.90 Å². The molecule has 1 N–H and O–H groups in total. The van der Waals surface area contributed by atoms with E-state index < -0.39 is 35.0 Å². The maximum Gasteiger partial charge on any atom is 0.416 e. The van der Waals surface area contributed by atoms with Gasteiger partial charge in [0.2, 0.25) is 6.23 Å². The third-order valence-electron chi connectivity index (χ3n) is 7.35. The lowest BCUT2D eigenvalue weighted by molar-refractivity contribution is -0.137. The van der Waals surface area contributed by atoms with Crippen LogP contribution in [0.1, 0.15) is 58.2 Å². The number of rotatable bonds is 6. The van der Waals surface area contributed by atoms with Crippen LogP contribution >= 0.6 is 23.8 Å². The Morgan fingerprint density at radius 2 is 1.80 bits per heavy atom. The monoisotopic (exact) mass is 590 g/mol. The molecular weight excluding hydrogens is 561 g/mol. The number of halogens is 4. The molecule has 0 amide bonds. The van der Waals surface area contributed by atoms with Crippen molar-refractivity contribution < 1.29 is 17.9 Å². The number of nitrogens with zero attached hydrogens (tertiary/aromatic N) is 5. The van der Waals surface area contributed by atoms with Crippen LogP contribution in [0.25, 0.3) is 0 Å². The van der Waals surface area contributed by atoms with Crippen molar-refractivity contribution in [1.29, 1.82) is 0 Å². The summed E-state index contributed by atoms with van der Waals surface area (Å²) in [6, 6.07) is 11.8. The molecule has 1 spiro atoms. The Labute approximate surface area is 241 Å². The van der Waals surface area contributed by atoms with Crippen molar-refractivity contribution in [1.82, 2.24) is 20.1 Å². The molecule has 2 aliphatic rings. The topological polar surface area (TPSA) is 67.6 Å². The van der Waals surface area contributed by atoms with Crippen LogP contribution in [0.2, 0.25) is 5.02 Å². The average molecular weight is 591 g/mol. The molecule has 2 heterocycles. The fourth-order valence-corrected chi connectivity index (χ4v) is 5.92. The predicted molar refractivity (Wildman–Crippen MR) is 153 cm³/mol. The van der Waals surface area contributed by atoms with Gasteiger partial charge in [-0.15, -0.1) is 0 Å². The summed E-state index contributed by atoms with van der Waals surface area (Å²) >= 11 is 11.8. The molecule has 1 aliphatic carbocycles. The molecular formula is C28H30ClF3N6OS. The third-order valence-corrected chi connectivity index (χ3v) is 7.89. The predicted octanol–water partition coefficient (Wildman–Crippen LogP) is 7.05. The van der Waals surface area contributed by atoms with Crippen LogP contribution in [0.15, 0.2) is 66.2 Å². The zero-order valence-corrected chi connectivity index (χ0v) is 23.9. The molecule has 5 rings (SSSR count). The van der Waals surface area contributed by atoms with Gasteiger partial charge in [-0.05, 0) is 72.9 Å². The first-order valence-corrected chi connectivity index (χ1v) is 13.8. The van der Waals surface area contributed by atoms with Gasteiger partial charge in [-0.25, -0.2) is 9.67 Å². The van der Waals surface area contributed by atoms with Crippen LogP contribution in [0.4, 0.5) is 18.9 Å². The zero-order valence-electron chi connectivity index (χ0n) is 22.3. The van der Waals surface area contributed by atoms with E-state index in [1.807, 2.05) is 4.90 Å². The van der Waals surface area contributed by atoms with E-state index in [2.05, 4.69) is 36.2 Å². The molecule has 7 nitrogen and oxygen atoms in total. The Morgan fingerprint density at radius 1 is 1.10 bits per heavy atom. The lowest BCUT2D eigenvalue weighted by atomic mass is 9.85. The number of hydrogen-bond donors (Lipinski definition) is 1. The molecule has 3 aromatic rings. The van der Waals surface area contributed by atoms with Crippen LogP contribution < -0.4 is 15.0 Å². The molecule has 1 saturated carbocycles. The number of aromatic nitrogens is 3. The molecule has 12 heteroatoms. The van der Waals surface area contributed by atoms with E-state index in [1.54, 1.807) is 41.3 Å². The van der Waals surface area contributed by atoms with Crippen molar-refractivity contribution >= 4 is 40.5 Å². The van der Waals surface area contributed by atoms with E-state index in [1.165, 1.54) is 12.4 Å². The molecule has 2 fully saturated rings. The number of ether oxygens (including phenoxy) is 1. The molecule has 0 radical (unpaired) electrons. The number of anilines is 1. The Bertz CT molecular complexity index is 1380. The third kappa shape index (κ3) is 5.54. The van der Waals surface area contributed by atoms with E-state index in [4.69, 9.17) is 33.5 Å². The summed E-state index contributed by atoms with van der Waals surface area (Å²) in [6.45, 7) is 6.15. The fraction of sp³-hybridized carbons (Fsp3) is 0.429. The highest BCUT2D eigenvalue weighted by molar-refractivity contribution is 7.80. The van der Waals surface area contributed by atoms with Gasteiger partial charge in [0.25, 0.3) is 0 Å². The Balaban J connectivity index is 1.59. The SMILES string of the molecule is CC(C)(C)C(N=C1NC(=S)N(c2cccc(C(F)(F)F)c2)C12CCCC2)C(Oc1ccc(Cl)cc1)n1cncn1. The number of benzene rings is 2. The van der Waals surface area contributed by atoms with E-state index in [0.717, 1.165) is 25.0 Å². The van der Waals surface area contributed by atoms with E-state index in [0.29, 0.717) is 40.2 Å². The molecule has 1 aromatic heterocycles. The van der Waals surface area contributed by atoms with Crippen LogP contribution in [0, 0.1) is 5.41 Å². The number of amidine groups is 1. The maximum absolute atomic E-state index is 13.6. The quantitative estimate of drug-likeness (QED) is 0.310. The number of aliphatic imine (C=N–C) groups is 1. The molecule has 40 heavy (non-hydrogen) atoms. The lowest BCUT2D eigenvalue weighted by Gasteiger charge is -2.38. The van der Waals surface area contributed by atoms with Crippen LogP contribution in [0.5, 0.6) is 5.75 Å². The summed E-state index contributed by atoms with van der Waals surface area (Å²) in [5.41, 5.74) is -1.46. The van der Waals surface area contributed by atoms with E-state index >= 15 is 0 Å². The average Bonchev–Trinajstić information content (AvgIpc) is 3.64. The minimum Gasteiger partial charge on any atom is -0.466 e. The fourth-order valence-electron chi connectivity index (χ4n) is 5.42. The smallest absolute Gasteiger partial charge is 0.416 e. The molecule has 2 atom stereocenters. The zero-order chi connectivity index (χ0) is 28.7. The highest BCUT2D eigenvalue weighted by atomic mass is 35.5. The second-order valence-electron chi connectivity index (χ2n) is 11.2. The summed E-state index contributed by atoms with van der Waals surface area (Å²) in [7, 11) is 0. The highest BCUT2D eigenvalue weighted by Crippen LogP contribution is 2.44. The van der Waals surface area contributed by atoms with Crippen molar-refractivity contribution in [3.05, 3.63) is 71.8 Å². The van der Waals surface area contributed by atoms with Crippen LogP contribution in [0.3, 0.4) is 0 Å². The van der Waals surface area contributed by atoms with Gasteiger partial charge in [-0.3, -0.25) is 4.99 Å². The summed E-state index contributed by atoms with van der Waals surface area (Å²) in [5, 5.41) is 8.54. The molecule has 2 aromatic carbocycles. The van der Waals surface area contributed by atoms with Gasteiger partial charge in [0, 0.05) is 10.7 Å². The number of thiocarbonyl (C=S) groups is 1. The lowest BCUT2D eigenvalue weighted by Crippen LogP contribution is -2.49. The maximum atomic E-state index is 13.6. The molecule has 0 bridgehead atoms. The Kier molecular flexibility index (Phi) is 7.56. The Morgan fingerprint density at radius 3 is 2.40 bits per heavy atom. The standard InChI is InChI=1S/C28H30ClF3N6OS/c1-26(2,3)22(23(37-17-33-16-34-37)39-21-11-9-19(29)10-12-21)35-24-27(13-4-5-14-27)38(25(40)36-24)20-8-6-7-18(15-20)28(30,31)32/h6-12,15-17,22-23H,4-5,13-14H2,1-3H3,(H,35,36,40). The van der Waals surface area contributed by atoms with Gasteiger partial charge in [0.15, 0.2) is 5.11 Å². The second kappa shape index (κ2) is 10.7. The highest BCUT2D eigenvalue weighted by Gasteiger charge is 2.52. The van der Waals surface area contributed by atoms with E-state index in [9.17, 15) is 13.2 Å². The van der Waals surface area contributed by atoms with Gasteiger partial charge in [0.1, 0.15) is 35.8 Å². The summed E-state index contributed by atoms with van der Waals surface area (Å²) in [4.78, 5) is 11.2. The summed E-state index contributed by atoms with van der Waals surface area (Å²) in [6.07, 6.45) is 1.03. The minimum atomic E-state index is -4.47. The summed E-state index contributed by atoms with van der Waals surface area (Å²) < 4.78 is 48.9. The first kappa shape index (κ1) is 28.4. The number of hydrogen-bond acceptors (Lipinski definition) is 5. The van der Waals surface area contributed by atoms with Crippen molar-refractivity contribution in [3.63, 3.8) is 0 Å². The van der Waals surface area contributed by atoms with Gasteiger partial charge < -0.3 is 15.0 Å². The van der Waals surface area contributed by atoms with Crippen molar-refractivity contribution in [2.45, 2.75) is 70.4 Å². The van der Waals surface area contributed by atoms with Crippen molar-refractivity contribution in [2.24, 2.45) is 10.4 Å². The number of alkyl halides is 3. The second-order valence-corrected chi connectivity index (χ2v) is 12.0. The molecule has 2 unspecified atom stereocenters. The van der Waals surface area contributed by atoms with Crippen molar-refractivity contribution in [3.8, 4) is 5.75 Å². The van der Waals surface area contributed by atoms with Gasteiger partial charge >= 0.3 is 6.18 Å². The minimum absolute atomic E-state index is 0.323. The molecule has 1 aliphatic heterocycles.